The van der Waals surface area contributed by atoms with Crippen molar-refractivity contribution < 1.29 is 23.1 Å². The van der Waals surface area contributed by atoms with Crippen molar-refractivity contribution in [2.24, 2.45) is 5.92 Å². The highest BCUT2D eigenvalue weighted by Crippen LogP contribution is 2.20. The van der Waals surface area contributed by atoms with Gasteiger partial charge in [0.15, 0.2) is 11.6 Å². The summed E-state index contributed by atoms with van der Waals surface area (Å²) < 4.78 is 31.1. The monoisotopic (exact) mass is 297 g/mol. The number of likely N-dealkylation sites (tertiary alicyclic amines) is 1. The van der Waals surface area contributed by atoms with Crippen LogP contribution in [0.4, 0.5) is 8.78 Å². The Labute approximate surface area is 121 Å². The third-order valence-corrected chi connectivity index (χ3v) is 3.50. The fourth-order valence-corrected chi connectivity index (χ4v) is 2.43. The van der Waals surface area contributed by atoms with Crippen molar-refractivity contribution >= 4 is 11.9 Å². The zero-order chi connectivity index (χ0) is 15.4. The highest BCUT2D eigenvalue weighted by atomic mass is 19.2. The van der Waals surface area contributed by atoms with Crippen molar-refractivity contribution in [1.29, 1.82) is 0 Å². The Kier molecular flexibility index (Phi) is 4.88. The molecule has 0 radical (unpaired) electrons. The topological polar surface area (TPSA) is 46.6 Å². The number of nitrogens with zero attached hydrogens (tertiary/aromatic N) is 1. The summed E-state index contributed by atoms with van der Waals surface area (Å²) in [4.78, 5) is 25.5. The average Bonchev–Trinajstić information content (AvgIpc) is 2.49. The van der Waals surface area contributed by atoms with Gasteiger partial charge in [0.05, 0.1) is 12.5 Å². The van der Waals surface area contributed by atoms with Gasteiger partial charge in [-0.15, -0.1) is 0 Å². The van der Waals surface area contributed by atoms with Gasteiger partial charge in [0, 0.05) is 18.7 Å². The molecular formula is C15H17F2NO3. The maximum atomic E-state index is 13.2. The zero-order valence-electron chi connectivity index (χ0n) is 11.8. The molecule has 0 saturated carbocycles. The van der Waals surface area contributed by atoms with Crippen LogP contribution in [0.25, 0.3) is 0 Å². The van der Waals surface area contributed by atoms with Crippen molar-refractivity contribution in [2.75, 3.05) is 19.7 Å². The summed E-state index contributed by atoms with van der Waals surface area (Å²) in [7, 11) is 0. The van der Waals surface area contributed by atoms with Crippen LogP contribution in [0.3, 0.4) is 0 Å². The van der Waals surface area contributed by atoms with E-state index in [2.05, 4.69) is 0 Å². The number of piperidine rings is 1. The zero-order valence-corrected chi connectivity index (χ0v) is 11.8. The Morgan fingerprint density at radius 1 is 1.33 bits per heavy atom. The van der Waals surface area contributed by atoms with E-state index in [9.17, 15) is 18.4 Å². The molecule has 1 saturated heterocycles. The summed E-state index contributed by atoms with van der Waals surface area (Å²) in [6, 6.07) is 3.05. The standard InChI is InChI=1S/C15H17F2NO3/c1-2-21-15(20)11-4-3-7-18(9-11)14(19)10-5-6-12(16)13(17)8-10/h5-6,8,11H,2-4,7,9H2,1H3/t11-/m1/s1. The molecule has 1 fully saturated rings. The Morgan fingerprint density at radius 2 is 2.10 bits per heavy atom. The predicted molar refractivity (Wildman–Crippen MR) is 71.6 cm³/mol. The van der Waals surface area contributed by atoms with Crippen LogP contribution >= 0.6 is 0 Å². The van der Waals surface area contributed by atoms with E-state index in [0.29, 0.717) is 26.0 Å². The number of rotatable bonds is 3. The minimum atomic E-state index is -1.06. The third-order valence-electron chi connectivity index (χ3n) is 3.50. The van der Waals surface area contributed by atoms with Crippen LogP contribution in [0.15, 0.2) is 18.2 Å². The van der Waals surface area contributed by atoms with E-state index in [-0.39, 0.29) is 24.0 Å². The van der Waals surface area contributed by atoms with Gasteiger partial charge in [-0.05, 0) is 38.0 Å². The van der Waals surface area contributed by atoms with Crippen molar-refractivity contribution in [1.82, 2.24) is 4.90 Å². The largest absolute Gasteiger partial charge is 0.466 e. The number of ether oxygens (including phenoxy) is 1. The molecule has 114 valence electrons. The summed E-state index contributed by atoms with van der Waals surface area (Å²) in [5, 5.41) is 0. The number of hydrogen-bond acceptors (Lipinski definition) is 3. The average molecular weight is 297 g/mol. The van der Waals surface area contributed by atoms with Gasteiger partial charge in [-0.1, -0.05) is 0 Å². The molecule has 0 aliphatic carbocycles. The second kappa shape index (κ2) is 6.65. The van der Waals surface area contributed by atoms with E-state index in [1.54, 1.807) is 6.92 Å². The first-order valence-corrected chi connectivity index (χ1v) is 6.94. The number of esters is 1. The van der Waals surface area contributed by atoms with Gasteiger partial charge in [0.25, 0.3) is 5.91 Å². The minimum Gasteiger partial charge on any atom is -0.466 e. The van der Waals surface area contributed by atoms with E-state index in [1.165, 1.54) is 11.0 Å². The van der Waals surface area contributed by atoms with Crippen LogP contribution < -0.4 is 0 Å². The summed E-state index contributed by atoms with van der Waals surface area (Å²) in [6.07, 6.45) is 1.35. The normalized spacial score (nSPS) is 18.4. The molecule has 0 N–H and O–H groups in total. The Hall–Kier alpha value is -1.98. The summed E-state index contributed by atoms with van der Waals surface area (Å²) >= 11 is 0. The smallest absolute Gasteiger partial charge is 0.310 e. The maximum Gasteiger partial charge on any atom is 0.310 e. The number of hydrogen-bond donors (Lipinski definition) is 0. The summed E-state index contributed by atoms with van der Waals surface area (Å²) in [6.45, 7) is 2.77. The molecule has 1 amide bonds. The minimum absolute atomic E-state index is 0.0819. The highest BCUT2D eigenvalue weighted by Gasteiger charge is 2.30. The molecule has 4 nitrogen and oxygen atoms in total. The van der Waals surface area contributed by atoms with Gasteiger partial charge >= 0.3 is 5.97 Å². The molecule has 0 unspecified atom stereocenters. The van der Waals surface area contributed by atoms with Gasteiger partial charge in [0.1, 0.15) is 0 Å². The molecule has 1 aromatic rings. The lowest BCUT2D eigenvalue weighted by molar-refractivity contribution is -0.149. The van der Waals surface area contributed by atoms with Gasteiger partial charge in [-0.3, -0.25) is 9.59 Å². The second-order valence-electron chi connectivity index (χ2n) is 4.97. The molecule has 1 aliphatic rings. The molecule has 0 aromatic heterocycles. The lowest BCUT2D eigenvalue weighted by atomic mass is 9.97. The fraction of sp³-hybridized carbons (Fsp3) is 0.467. The first kappa shape index (κ1) is 15.4. The molecule has 1 aromatic carbocycles. The molecule has 0 spiro atoms. The molecule has 0 bridgehead atoms. The molecule has 21 heavy (non-hydrogen) atoms. The van der Waals surface area contributed by atoms with Gasteiger partial charge in [-0.25, -0.2) is 8.78 Å². The summed E-state index contributed by atoms with van der Waals surface area (Å²) in [5.41, 5.74) is 0.0819. The van der Waals surface area contributed by atoms with Crippen LogP contribution in [0, 0.1) is 17.6 Å². The lowest BCUT2D eigenvalue weighted by Crippen LogP contribution is -2.42. The fourth-order valence-electron chi connectivity index (χ4n) is 2.43. The lowest BCUT2D eigenvalue weighted by Gasteiger charge is -2.31. The maximum absolute atomic E-state index is 13.2. The van der Waals surface area contributed by atoms with E-state index in [0.717, 1.165) is 12.1 Å². The van der Waals surface area contributed by atoms with Crippen molar-refractivity contribution in [2.45, 2.75) is 19.8 Å². The first-order valence-electron chi connectivity index (χ1n) is 6.94. The Balaban J connectivity index is 2.08. The molecule has 1 aliphatic heterocycles. The van der Waals surface area contributed by atoms with Crippen molar-refractivity contribution in [3.63, 3.8) is 0 Å². The Bertz CT molecular complexity index is 548. The van der Waals surface area contributed by atoms with Crippen LogP contribution in [0.5, 0.6) is 0 Å². The predicted octanol–water partition coefficient (Wildman–Crippen LogP) is 2.38. The van der Waals surface area contributed by atoms with Crippen LogP contribution in [0.1, 0.15) is 30.1 Å². The Morgan fingerprint density at radius 3 is 2.76 bits per heavy atom. The van der Waals surface area contributed by atoms with Crippen molar-refractivity contribution in [3.8, 4) is 0 Å². The number of carbonyl (C=O) groups is 2. The van der Waals surface area contributed by atoms with Crippen LogP contribution in [-0.4, -0.2) is 36.5 Å². The molecular weight excluding hydrogens is 280 g/mol. The van der Waals surface area contributed by atoms with Gasteiger partial charge < -0.3 is 9.64 Å². The first-order chi connectivity index (χ1) is 10.0. The molecule has 2 rings (SSSR count). The number of halogens is 2. The molecule has 1 heterocycles. The van der Waals surface area contributed by atoms with E-state index in [1.807, 2.05) is 0 Å². The van der Waals surface area contributed by atoms with Crippen molar-refractivity contribution in [3.05, 3.63) is 35.4 Å². The third kappa shape index (κ3) is 3.56. The SMILES string of the molecule is CCOC(=O)[C@@H]1CCCN(C(=O)c2ccc(F)c(F)c2)C1. The van der Waals surface area contributed by atoms with Crippen LogP contribution in [0.2, 0.25) is 0 Å². The van der Waals surface area contributed by atoms with Gasteiger partial charge in [-0.2, -0.15) is 0 Å². The van der Waals surface area contributed by atoms with E-state index in [4.69, 9.17) is 4.74 Å². The molecule has 6 heteroatoms. The quantitative estimate of drug-likeness (QED) is 0.805. The van der Waals surface area contributed by atoms with Crippen LogP contribution in [-0.2, 0) is 9.53 Å². The van der Waals surface area contributed by atoms with E-state index >= 15 is 0 Å². The molecule has 1 atom stereocenters. The number of carbonyl (C=O) groups excluding carboxylic acids is 2. The van der Waals surface area contributed by atoms with Gasteiger partial charge in [0.2, 0.25) is 0 Å². The summed E-state index contributed by atoms with van der Waals surface area (Å²) in [5.74, 6) is -3.12. The number of amides is 1. The van der Waals surface area contributed by atoms with E-state index < -0.39 is 17.5 Å². The number of benzene rings is 1. The second-order valence-corrected chi connectivity index (χ2v) is 4.97. The highest BCUT2D eigenvalue weighted by molar-refractivity contribution is 5.94.